The van der Waals surface area contributed by atoms with Crippen molar-refractivity contribution in [2.45, 2.75) is 46.5 Å². The van der Waals surface area contributed by atoms with Crippen molar-refractivity contribution in [3.63, 3.8) is 0 Å². The second-order valence-corrected chi connectivity index (χ2v) is 9.56. The van der Waals surface area contributed by atoms with Gasteiger partial charge in [-0.2, -0.15) is 0 Å². The summed E-state index contributed by atoms with van der Waals surface area (Å²) in [6, 6.07) is 11.1. The highest BCUT2D eigenvalue weighted by Crippen LogP contribution is 2.42. The average molecular weight is 371 g/mol. The van der Waals surface area contributed by atoms with Crippen LogP contribution in [-0.2, 0) is 0 Å². The van der Waals surface area contributed by atoms with Gasteiger partial charge in [0.15, 0.2) is 0 Å². The molecular formula is C21H22S3. The maximum absolute atomic E-state index is 3.45. The number of thiophene rings is 3. The Kier molecular flexibility index (Phi) is 5.94. The third kappa shape index (κ3) is 4.19. The van der Waals surface area contributed by atoms with Crippen molar-refractivity contribution in [3.8, 4) is 31.3 Å². The maximum Gasteiger partial charge on any atom is 0.0606 e. The van der Waals surface area contributed by atoms with Crippen LogP contribution >= 0.6 is 34.0 Å². The molecule has 0 radical (unpaired) electrons. The van der Waals surface area contributed by atoms with Gasteiger partial charge in [-0.25, -0.2) is 0 Å². The molecule has 0 aliphatic rings. The van der Waals surface area contributed by atoms with E-state index in [-0.39, 0.29) is 0 Å². The summed E-state index contributed by atoms with van der Waals surface area (Å²) in [5.74, 6) is 6.84. The van der Waals surface area contributed by atoms with Crippen LogP contribution in [0.25, 0.3) is 19.5 Å². The molecule has 0 bridgehead atoms. The van der Waals surface area contributed by atoms with Crippen LogP contribution in [-0.4, -0.2) is 0 Å². The molecule has 0 amide bonds. The summed E-state index contributed by atoms with van der Waals surface area (Å²) in [5.41, 5.74) is 1.19. The van der Waals surface area contributed by atoms with Gasteiger partial charge >= 0.3 is 0 Å². The monoisotopic (exact) mass is 370 g/mol. The zero-order valence-corrected chi connectivity index (χ0v) is 16.9. The van der Waals surface area contributed by atoms with E-state index < -0.39 is 0 Å². The summed E-state index contributed by atoms with van der Waals surface area (Å²) in [7, 11) is 0. The van der Waals surface area contributed by atoms with Gasteiger partial charge in [-0.05, 0) is 50.6 Å². The Morgan fingerprint density at radius 2 is 1.54 bits per heavy atom. The van der Waals surface area contributed by atoms with Gasteiger partial charge in [-0.15, -0.1) is 34.0 Å². The fourth-order valence-electron chi connectivity index (χ4n) is 2.53. The van der Waals surface area contributed by atoms with E-state index in [2.05, 4.69) is 62.9 Å². The summed E-state index contributed by atoms with van der Waals surface area (Å²) in [6.45, 7) is 6.57. The first-order valence-corrected chi connectivity index (χ1v) is 10.9. The molecule has 3 aromatic rings. The topological polar surface area (TPSA) is 0 Å². The predicted octanol–water partition coefficient (Wildman–Crippen LogP) is 7.75. The molecule has 0 aliphatic carbocycles. The zero-order chi connectivity index (χ0) is 16.9. The first-order valence-electron chi connectivity index (χ1n) is 8.43. The molecule has 3 rings (SSSR count). The third-order valence-electron chi connectivity index (χ3n) is 3.81. The molecule has 24 heavy (non-hydrogen) atoms. The van der Waals surface area contributed by atoms with Gasteiger partial charge in [0.1, 0.15) is 0 Å². The lowest BCUT2D eigenvalue weighted by Crippen LogP contribution is -1.74. The highest BCUT2D eigenvalue weighted by atomic mass is 32.1. The third-order valence-corrected chi connectivity index (χ3v) is 7.32. The van der Waals surface area contributed by atoms with Crippen LogP contribution in [0.1, 0.15) is 47.9 Å². The molecule has 124 valence electrons. The first kappa shape index (κ1) is 17.5. The largest absolute Gasteiger partial charge is 0.140 e. The minimum atomic E-state index is 1.00. The highest BCUT2D eigenvalue weighted by Gasteiger charge is 2.13. The summed E-state index contributed by atoms with van der Waals surface area (Å²) in [4.78, 5) is 8.08. The molecule has 3 aromatic heterocycles. The molecule has 0 aromatic carbocycles. The summed E-state index contributed by atoms with van der Waals surface area (Å²) < 4.78 is 0. The van der Waals surface area contributed by atoms with E-state index in [1.165, 1.54) is 54.1 Å². The van der Waals surface area contributed by atoms with Crippen LogP contribution in [0.4, 0.5) is 0 Å². The molecule has 0 saturated carbocycles. The Hall–Kier alpha value is -1.34. The van der Waals surface area contributed by atoms with Crippen LogP contribution < -0.4 is 0 Å². The number of rotatable bonds is 5. The maximum atomic E-state index is 3.45. The van der Waals surface area contributed by atoms with Gasteiger partial charge in [0.05, 0.1) is 4.88 Å². The Bertz CT molecular complexity index is 864. The number of hydrogen-bond donors (Lipinski definition) is 0. The fraction of sp³-hybridized carbons (Fsp3) is 0.333. The van der Waals surface area contributed by atoms with E-state index in [1.54, 1.807) is 0 Å². The van der Waals surface area contributed by atoms with E-state index >= 15 is 0 Å². The molecule has 0 unspecified atom stereocenters. The first-order chi connectivity index (χ1) is 11.7. The van der Waals surface area contributed by atoms with Crippen LogP contribution in [0.3, 0.4) is 0 Å². The van der Waals surface area contributed by atoms with Crippen molar-refractivity contribution in [2.24, 2.45) is 0 Å². The Morgan fingerprint density at radius 1 is 0.833 bits per heavy atom. The minimum absolute atomic E-state index is 1.00. The van der Waals surface area contributed by atoms with Crippen molar-refractivity contribution in [1.29, 1.82) is 0 Å². The molecule has 3 heteroatoms. The zero-order valence-electron chi connectivity index (χ0n) is 14.4. The molecule has 0 atom stereocenters. The van der Waals surface area contributed by atoms with Crippen LogP contribution in [0.15, 0.2) is 30.3 Å². The fourth-order valence-corrected chi connectivity index (χ4v) is 5.59. The second-order valence-electron chi connectivity index (χ2n) is 5.93. The SMILES string of the molecule is CCCCCC#Cc1cc(-c2ccc(C)s2)sc1-c1ccc(C)s1. The lowest BCUT2D eigenvalue weighted by Gasteiger charge is -1.93. The predicted molar refractivity (Wildman–Crippen MR) is 111 cm³/mol. The number of unbranched alkanes of at least 4 members (excludes halogenated alkanes) is 3. The van der Waals surface area contributed by atoms with E-state index in [0.717, 1.165) is 6.42 Å². The quantitative estimate of drug-likeness (QED) is 0.318. The molecule has 0 N–H and O–H groups in total. The molecule has 0 fully saturated rings. The Morgan fingerprint density at radius 3 is 2.17 bits per heavy atom. The molecule has 0 nitrogen and oxygen atoms in total. The van der Waals surface area contributed by atoms with Crippen LogP contribution in [0.2, 0.25) is 0 Å². The van der Waals surface area contributed by atoms with Crippen molar-refractivity contribution in [1.82, 2.24) is 0 Å². The Balaban J connectivity index is 1.94. The smallest absolute Gasteiger partial charge is 0.0606 e. The van der Waals surface area contributed by atoms with Crippen molar-refractivity contribution in [2.75, 3.05) is 0 Å². The summed E-state index contributed by atoms with van der Waals surface area (Å²) in [6.07, 6.45) is 4.73. The Labute approximate surface area is 157 Å². The lowest BCUT2D eigenvalue weighted by atomic mass is 10.1. The van der Waals surface area contributed by atoms with E-state index in [9.17, 15) is 0 Å². The molecule has 0 aliphatic heterocycles. The lowest BCUT2D eigenvalue weighted by molar-refractivity contribution is 0.737. The average Bonchev–Trinajstić information content (AvgIpc) is 3.27. The highest BCUT2D eigenvalue weighted by molar-refractivity contribution is 7.26. The van der Waals surface area contributed by atoms with Gasteiger partial charge in [0, 0.05) is 36.4 Å². The van der Waals surface area contributed by atoms with Crippen molar-refractivity contribution < 1.29 is 0 Å². The van der Waals surface area contributed by atoms with Gasteiger partial charge in [0.2, 0.25) is 0 Å². The standard InChI is InChI=1S/C21H22S3/c1-4-5-6-7-8-9-17-14-20(18-12-10-15(2)22-18)24-21(17)19-13-11-16(3)23-19/h10-14H,4-7H2,1-3H3. The minimum Gasteiger partial charge on any atom is -0.140 e. The summed E-state index contributed by atoms with van der Waals surface area (Å²) >= 11 is 5.60. The van der Waals surface area contributed by atoms with Gasteiger partial charge in [-0.1, -0.05) is 31.6 Å². The van der Waals surface area contributed by atoms with Gasteiger partial charge < -0.3 is 0 Å². The van der Waals surface area contributed by atoms with Crippen LogP contribution in [0, 0.1) is 25.7 Å². The second kappa shape index (κ2) is 8.16. The normalized spacial score (nSPS) is 10.6. The van der Waals surface area contributed by atoms with Gasteiger partial charge in [0.25, 0.3) is 0 Å². The molecule has 0 saturated heterocycles. The van der Waals surface area contributed by atoms with Crippen molar-refractivity contribution >= 4 is 34.0 Å². The van der Waals surface area contributed by atoms with Crippen LogP contribution in [0.5, 0.6) is 0 Å². The molecule has 0 spiro atoms. The van der Waals surface area contributed by atoms with E-state index in [4.69, 9.17) is 0 Å². The molecule has 3 heterocycles. The number of aryl methyl sites for hydroxylation is 2. The van der Waals surface area contributed by atoms with E-state index in [1.807, 2.05) is 34.0 Å². The number of hydrogen-bond acceptors (Lipinski definition) is 3. The summed E-state index contributed by atoms with van der Waals surface area (Å²) in [5, 5.41) is 0. The van der Waals surface area contributed by atoms with E-state index in [0.29, 0.717) is 0 Å². The van der Waals surface area contributed by atoms with Gasteiger partial charge in [-0.3, -0.25) is 0 Å². The molecular weight excluding hydrogens is 348 g/mol. The van der Waals surface area contributed by atoms with Crippen molar-refractivity contribution in [3.05, 3.63) is 45.6 Å².